The molecule has 0 radical (unpaired) electrons. The van der Waals surface area contributed by atoms with Crippen LogP contribution in [0.2, 0.25) is 5.02 Å². The van der Waals surface area contributed by atoms with Gasteiger partial charge in [-0.2, -0.15) is 0 Å². The van der Waals surface area contributed by atoms with Crippen molar-refractivity contribution >= 4 is 28.3 Å². The molecule has 0 saturated carbocycles. The summed E-state index contributed by atoms with van der Waals surface area (Å²) in [6.07, 6.45) is 0.356. The van der Waals surface area contributed by atoms with Crippen molar-refractivity contribution in [3.8, 4) is 0 Å². The average Bonchev–Trinajstić information content (AvgIpc) is 2.56. The van der Waals surface area contributed by atoms with Gasteiger partial charge in [-0.05, 0) is 47.0 Å². The van der Waals surface area contributed by atoms with Gasteiger partial charge in [0.1, 0.15) is 0 Å². The highest BCUT2D eigenvalue weighted by molar-refractivity contribution is 6.30. The van der Waals surface area contributed by atoms with E-state index in [0.29, 0.717) is 11.4 Å². The van der Waals surface area contributed by atoms with Crippen molar-refractivity contribution in [3.63, 3.8) is 0 Å². The zero-order valence-corrected chi connectivity index (χ0v) is 13.7. The SMILES string of the molecule is C[C@@H](NC(=O)Cc1ccc(Cl)cc1)c1ccc2ccccc2c1. The third-order valence-corrected chi connectivity index (χ3v) is 4.18. The van der Waals surface area contributed by atoms with Crippen LogP contribution in [-0.2, 0) is 11.2 Å². The van der Waals surface area contributed by atoms with Gasteiger partial charge in [0, 0.05) is 5.02 Å². The number of nitrogens with one attached hydrogen (secondary N) is 1. The number of fused-ring (bicyclic) bond motifs is 1. The highest BCUT2D eigenvalue weighted by Crippen LogP contribution is 2.20. The fraction of sp³-hybridized carbons (Fsp3) is 0.150. The first-order valence-electron chi connectivity index (χ1n) is 7.64. The number of benzene rings is 3. The van der Waals surface area contributed by atoms with Crippen molar-refractivity contribution in [1.82, 2.24) is 5.32 Å². The van der Waals surface area contributed by atoms with Crippen LogP contribution in [0.15, 0.2) is 66.7 Å². The molecular weight excluding hydrogens is 306 g/mol. The van der Waals surface area contributed by atoms with E-state index in [1.165, 1.54) is 10.8 Å². The van der Waals surface area contributed by atoms with E-state index in [4.69, 9.17) is 11.6 Å². The quantitative estimate of drug-likeness (QED) is 0.726. The Morgan fingerprint density at radius 3 is 2.43 bits per heavy atom. The molecule has 1 amide bonds. The lowest BCUT2D eigenvalue weighted by Gasteiger charge is -2.15. The number of carbonyl (C=O) groups is 1. The van der Waals surface area contributed by atoms with Gasteiger partial charge in [0.25, 0.3) is 0 Å². The van der Waals surface area contributed by atoms with Crippen LogP contribution >= 0.6 is 11.6 Å². The van der Waals surface area contributed by atoms with Crippen LogP contribution in [-0.4, -0.2) is 5.91 Å². The Kier molecular flexibility index (Phi) is 4.63. The molecule has 116 valence electrons. The van der Waals surface area contributed by atoms with Crippen LogP contribution in [0, 0.1) is 0 Å². The van der Waals surface area contributed by atoms with Gasteiger partial charge in [0.15, 0.2) is 0 Å². The fourth-order valence-corrected chi connectivity index (χ4v) is 2.77. The second kappa shape index (κ2) is 6.84. The Balaban J connectivity index is 1.68. The molecule has 1 N–H and O–H groups in total. The number of halogens is 1. The molecule has 0 aliphatic rings. The third kappa shape index (κ3) is 3.91. The largest absolute Gasteiger partial charge is 0.349 e. The topological polar surface area (TPSA) is 29.1 Å². The molecule has 0 heterocycles. The van der Waals surface area contributed by atoms with E-state index in [0.717, 1.165) is 11.1 Å². The second-order valence-electron chi connectivity index (χ2n) is 5.70. The monoisotopic (exact) mass is 323 g/mol. The number of amides is 1. The summed E-state index contributed by atoms with van der Waals surface area (Å²) in [5.41, 5.74) is 2.06. The molecule has 2 nitrogen and oxygen atoms in total. The van der Waals surface area contributed by atoms with Crippen molar-refractivity contribution in [3.05, 3.63) is 82.9 Å². The lowest BCUT2D eigenvalue weighted by Crippen LogP contribution is -2.28. The predicted octanol–water partition coefficient (Wildman–Crippen LogP) is 4.91. The second-order valence-corrected chi connectivity index (χ2v) is 6.14. The first-order valence-corrected chi connectivity index (χ1v) is 8.02. The van der Waals surface area contributed by atoms with Crippen molar-refractivity contribution in [1.29, 1.82) is 0 Å². The van der Waals surface area contributed by atoms with Gasteiger partial charge < -0.3 is 5.32 Å². The summed E-state index contributed by atoms with van der Waals surface area (Å²) < 4.78 is 0. The van der Waals surface area contributed by atoms with Crippen molar-refractivity contribution in [2.45, 2.75) is 19.4 Å². The standard InChI is InChI=1S/C20H18ClNO/c1-14(17-9-8-16-4-2-3-5-18(16)13-17)22-20(23)12-15-6-10-19(21)11-7-15/h2-11,13-14H,12H2,1H3,(H,22,23)/t14-/m1/s1. The van der Waals surface area contributed by atoms with Gasteiger partial charge in [0.05, 0.1) is 12.5 Å². The number of rotatable bonds is 4. The van der Waals surface area contributed by atoms with Gasteiger partial charge in [-0.15, -0.1) is 0 Å². The maximum absolute atomic E-state index is 12.2. The number of hydrogen-bond donors (Lipinski definition) is 1. The summed E-state index contributed by atoms with van der Waals surface area (Å²) in [5.74, 6) is 0.00739. The van der Waals surface area contributed by atoms with Gasteiger partial charge in [-0.3, -0.25) is 4.79 Å². The zero-order valence-electron chi connectivity index (χ0n) is 12.9. The minimum Gasteiger partial charge on any atom is -0.349 e. The molecule has 0 bridgehead atoms. The molecule has 0 spiro atoms. The summed E-state index contributed by atoms with van der Waals surface area (Å²) in [5, 5.41) is 6.12. The van der Waals surface area contributed by atoms with Gasteiger partial charge in [-0.25, -0.2) is 0 Å². The van der Waals surface area contributed by atoms with Crippen molar-refractivity contribution in [2.24, 2.45) is 0 Å². The predicted molar refractivity (Wildman–Crippen MR) is 95.7 cm³/mol. The average molecular weight is 324 g/mol. The van der Waals surface area contributed by atoms with E-state index < -0.39 is 0 Å². The summed E-state index contributed by atoms with van der Waals surface area (Å²) in [6.45, 7) is 2.00. The van der Waals surface area contributed by atoms with Crippen LogP contribution in [0.4, 0.5) is 0 Å². The fourth-order valence-electron chi connectivity index (χ4n) is 2.64. The third-order valence-electron chi connectivity index (χ3n) is 3.93. The lowest BCUT2D eigenvalue weighted by atomic mass is 10.0. The first kappa shape index (κ1) is 15.6. The summed E-state index contributed by atoms with van der Waals surface area (Å²) in [4.78, 5) is 12.2. The lowest BCUT2D eigenvalue weighted by molar-refractivity contribution is -0.121. The van der Waals surface area contributed by atoms with E-state index in [9.17, 15) is 4.79 Å². The molecule has 0 saturated heterocycles. The maximum Gasteiger partial charge on any atom is 0.224 e. The highest BCUT2D eigenvalue weighted by Gasteiger charge is 2.10. The van der Waals surface area contributed by atoms with Crippen LogP contribution in [0.3, 0.4) is 0 Å². The van der Waals surface area contributed by atoms with E-state index >= 15 is 0 Å². The van der Waals surface area contributed by atoms with Crippen LogP contribution in [0.5, 0.6) is 0 Å². The molecule has 3 heteroatoms. The van der Waals surface area contributed by atoms with E-state index in [1.807, 2.05) is 31.2 Å². The van der Waals surface area contributed by atoms with E-state index in [1.54, 1.807) is 12.1 Å². The Bertz CT molecular complexity index is 826. The van der Waals surface area contributed by atoms with Crippen molar-refractivity contribution in [2.75, 3.05) is 0 Å². The van der Waals surface area contributed by atoms with Crippen LogP contribution in [0.25, 0.3) is 10.8 Å². The summed E-state index contributed by atoms with van der Waals surface area (Å²) in [6, 6.07) is 21.8. The molecule has 0 unspecified atom stereocenters. The Morgan fingerprint density at radius 2 is 1.70 bits per heavy atom. The van der Waals surface area contributed by atoms with E-state index in [-0.39, 0.29) is 11.9 Å². The Morgan fingerprint density at radius 1 is 1.00 bits per heavy atom. The highest BCUT2D eigenvalue weighted by atomic mass is 35.5. The molecule has 3 aromatic carbocycles. The molecule has 23 heavy (non-hydrogen) atoms. The smallest absolute Gasteiger partial charge is 0.224 e. The van der Waals surface area contributed by atoms with Gasteiger partial charge in [0.2, 0.25) is 5.91 Å². The van der Waals surface area contributed by atoms with Gasteiger partial charge >= 0.3 is 0 Å². The summed E-state index contributed by atoms with van der Waals surface area (Å²) in [7, 11) is 0. The van der Waals surface area contributed by atoms with Crippen LogP contribution in [0.1, 0.15) is 24.1 Å². The Hall–Kier alpha value is -2.32. The van der Waals surface area contributed by atoms with Crippen molar-refractivity contribution < 1.29 is 4.79 Å². The Labute approximate surface area is 141 Å². The molecule has 0 aromatic heterocycles. The zero-order chi connectivity index (χ0) is 16.2. The molecule has 3 aromatic rings. The maximum atomic E-state index is 12.2. The summed E-state index contributed by atoms with van der Waals surface area (Å²) >= 11 is 5.86. The molecule has 0 aliphatic carbocycles. The minimum atomic E-state index is -0.0283. The molecule has 0 aliphatic heterocycles. The first-order chi connectivity index (χ1) is 11.1. The van der Waals surface area contributed by atoms with E-state index in [2.05, 4.69) is 35.6 Å². The molecule has 0 fully saturated rings. The molecular formula is C20H18ClNO. The molecule has 1 atom stereocenters. The van der Waals surface area contributed by atoms with Crippen LogP contribution < -0.4 is 5.32 Å². The van der Waals surface area contributed by atoms with Gasteiger partial charge in [-0.1, -0.05) is 60.1 Å². The number of carbonyl (C=O) groups excluding carboxylic acids is 1. The normalized spacial score (nSPS) is 12.1. The molecule has 3 rings (SSSR count). The number of hydrogen-bond acceptors (Lipinski definition) is 1. The minimum absolute atomic E-state index is 0.00739.